The van der Waals surface area contributed by atoms with Crippen LogP contribution in [0.1, 0.15) is 60.3 Å². The van der Waals surface area contributed by atoms with Gasteiger partial charge in [-0.2, -0.15) is 13.2 Å². The lowest BCUT2D eigenvalue weighted by molar-refractivity contribution is -0.156. The van der Waals surface area contributed by atoms with Crippen molar-refractivity contribution in [2.75, 3.05) is 11.1 Å². The highest BCUT2D eigenvalue weighted by molar-refractivity contribution is 6.04. The van der Waals surface area contributed by atoms with Crippen LogP contribution in [0.2, 0.25) is 0 Å². The Morgan fingerprint density at radius 2 is 1.71 bits per heavy atom. The number of halogens is 4. The molecule has 0 aliphatic heterocycles. The van der Waals surface area contributed by atoms with E-state index in [1.165, 1.54) is 18.3 Å². The number of hydrogen-bond donors (Lipinski definition) is 3. The number of carbonyl (C=O) groups excluding carboxylic acids is 1. The third kappa shape index (κ3) is 4.35. The lowest BCUT2D eigenvalue weighted by Crippen LogP contribution is -2.48. The summed E-state index contributed by atoms with van der Waals surface area (Å²) < 4.78 is 56.4. The number of rotatable bonds is 5. The van der Waals surface area contributed by atoms with Crippen LogP contribution in [-0.4, -0.2) is 36.3 Å². The van der Waals surface area contributed by atoms with Gasteiger partial charge in [0.25, 0.3) is 5.91 Å². The fraction of sp³-hybridized carbons (Fsp3) is 0.321. The molecular weight excluding hydrogens is 544 g/mol. The highest BCUT2D eigenvalue weighted by Crippen LogP contribution is 2.58. The molecule has 1 aromatic carbocycles. The number of aromatic nitrogens is 4. The van der Waals surface area contributed by atoms with Crippen molar-refractivity contribution in [3.05, 3.63) is 71.7 Å². The van der Waals surface area contributed by atoms with Gasteiger partial charge < -0.3 is 16.2 Å². The largest absolute Gasteiger partial charge is 0.481 e. The van der Waals surface area contributed by atoms with Crippen LogP contribution in [0.5, 0.6) is 0 Å². The van der Waals surface area contributed by atoms with Crippen molar-refractivity contribution >= 4 is 29.0 Å². The highest BCUT2D eigenvalue weighted by atomic mass is 19.4. The first-order valence-electron chi connectivity index (χ1n) is 12.9. The van der Waals surface area contributed by atoms with E-state index in [0.29, 0.717) is 55.9 Å². The van der Waals surface area contributed by atoms with Crippen LogP contribution in [0.3, 0.4) is 0 Å². The van der Waals surface area contributed by atoms with Crippen molar-refractivity contribution in [3.8, 4) is 11.3 Å². The maximum atomic E-state index is 15.6. The molecule has 4 aromatic rings. The van der Waals surface area contributed by atoms with Crippen LogP contribution < -0.4 is 11.1 Å². The molecule has 0 spiro atoms. The average molecular weight is 569 g/mol. The van der Waals surface area contributed by atoms with Gasteiger partial charge in [-0.25, -0.2) is 19.3 Å². The minimum atomic E-state index is -4.62. The SMILES string of the molecule is Nc1nccn2c(C34CCC(C(=O)O)(CC3)CC4)nc(-c3ccc(C(=O)Nc4cc(C(F)(F)F)ccn4)cc3F)c12. The van der Waals surface area contributed by atoms with E-state index in [9.17, 15) is 27.9 Å². The number of carboxylic acids is 1. The zero-order chi connectivity index (χ0) is 29.2. The number of imidazole rings is 1. The van der Waals surface area contributed by atoms with E-state index in [1.54, 1.807) is 10.6 Å². The number of hydrogen-bond acceptors (Lipinski definition) is 6. The molecule has 0 atom stereocenters. The van der Waals surface area contributed by atoms with E-state index in [0.717, 1.165) is 18.3 Å². The molecule has 3 heterocycles. The number of benzene rings is 1. The number of nitrogen functional groups attached to an aromatic ring is 1. The Hall–Kier alpha value is -4.55. The molecule has 9 nitrogen and oxygen atoms in total. The zero-order valence-corrected chi connectivity index (χ0v) is 21.5. The Balaban J connectivity index is 1.34. The fourth-order valence-corrected chi connectivity index (χ4v) is 6.18. The van der Waals surface area contributed by atoms with Gasteiger partial charge in [0, 0.05) is 35.1 Å². The number of nitrogens with one attached hydrogen (secondary N) is 1. The lowest BCUT2D eigenvalue weighted by Gasteiger charge is -2.50. The molecule has 0 radical (unpaired) electrons. The van der Waals surface area contributed by atoms with Gasteiger partial charge >= 0.3 is 12.1 Å². The summed E-state index contributed by atoms with van der Waals surface area (Å²) in [4.78, 5) is 37.4. The maximum Gasteiger partial charge on any atom is 0.416 e. The Labute approximate surface area is 230 Å². The molecule has 0 unspecified atom stereocenters. The number of alkyl halides is 3. The van der Waals surface area contributed by atoms with Crippen LogP contribution in [0.15, 0.2) is 48.9 Å². The third-order valence-electron chi connectivity index (χ3n) is 8.57. The van der Waals surface area contributed by atoms with Gasteiger partial charge in [0.05, 0.1) is 11.0 Å². The predicted molar refractivity (Wildman–Crippen MR) is 139 cm³/mol. The number of pyridine rings is 1. The second kappa shape index (κ2) is 9.25. The summed E-state index contributed by atoms with van der Waals surface area (Å²) in [6, 6.07) is 5.12. The molecule has 4 N–H and O–H groups in total. The summed E-state index contributed by atoms with van der Waals surface area (Å²) in [5.41, 5.74) is 4.66. The summed E-state index contributed by atoms with van der Waals surface area (Å²) in [7, 11) is 0. The molecule has 13 heteroatoms. The number of nitrogens with zero attached hydrogens (tertiary/aromatic N) is 4. The first-order chi connectivity index (χ1) is 19.4. The topological polar surface area (TPSA) is 136 Å². The number of amides is 1. The molecule has 3 fully saturated rings. The third-order valence-corrected chi connectivity index (χ3v) is 8.57. The quantitative estimate of drug-likeness (QED) is 0.272. The van der Waals surface area contributed by atoms with Crippen LogP contribution >= 0.6 is 0 Å². The average Bonchev–Trinajstić information content (AvgIpc) is 3.35. The molecule has 2 bridgehead atoms. The molecule has 7 rings (SSSR count). The molecule has 3 saturated carbocycles. The van der Waals surface area contributed by atoms with Gasteiger partial charge in [-0.05, 0) is 68.9 Å². The van der Waals surface area contributed by atoms with Crippen LogP contribution in [0.25, 0.3) is 16.8 Å². The van der Waals surface area contributed by atoms with Crippen molar-refractivity contribution in [1.82, 2.24) is 19.4 Å². The molecular formula is C28H24F4N6O3. The summed E-state index contributed by atoms with van der Waals surface area (Å²) in [6.45, 7) is 0. The number of anilines is 2. The first kappa shape index (κ1) is 26.7. The van der Waals surface area contributed by atoms with E-state index >= 15 is 4.39 Å². The van der Waals surface area contributed by atoms with Gasteiger partial charge in [0.1, 0.15) is 34.5 Å². The number of nitrogens with two attached hydrogens (primary N) is 1. The van der Waals surface area contributed by atoms with Gasteiger partial charge in [-0.1, -0.05) is 0 Å². The second-order valence-corrected chi connectivity index (χ2v) is 10.8. The molecule has 3 aromatic heterocycles. The van der Waals surface area contributed by atoms with E-state index in [2.05, 4.69) is 15.3 Å². The minimum Gasteiger partial charge on any atom is -0.481 e. The van der Waals surface area contributed by atoms with Gasteiger partial charge in [-0.3, -0.25) is 14.0 Å². The lowest BCUT2D eigenvalue weighted by atomic mass is 9.53. The molecule has 3 aliphatic carbocycles. The predicted octanol–water partition coefficient (Wildman–Crippen LogP) is 5.46. The Morgan fingerprint density at radius 1 is 1.00 bits per heavy atom. The van der Waals surface area contributed by atoms with E-state index < -0.39 is 40.3 Å². The van der Waals surface area contributed by atoms with Crippen molar-refractivity contribution in [2.24, 2.45) is 5.41 Å². The van der Waals surface area contributed by atoms with Crippen LogP contribution in [-0.2, 0) is 16.4 Å². The van der Waals surface area contributed by atoms with Crippen LogP contribution in [0, 0.1) is 11.2 Å². The standard InChI is InChI=1S/C28H24F4N6O3/c29-18-13-15(23(39)36-19-14-16(3-10-34-19)28(30,31)32)1-2-17(18)20-21-22(33)35-11-12-38(21)24(37-20)26-4-7-27(8-5-26,9-6-26)25(40)41/h1-3,10-14H,4-9H2,(H2,33,35)(H,40,41)(H,34,36,39). The second-order valence-electron chi connectivity index (χ2n) is 10.8. The van der Waals surface area contributed by atoms with E-state index in [4.69, 9.17) is 10.7 Å². The number of fused-ring (bicyclic) bond motifs is 4. The number of aliphatic carboxylic acids is 1. The molecule has 3 aliphatic rings. The Morgan fingerprint density at radius 3 is 2.34 bits per heavy atom. The molecule has 212 valence electrons. The highest BCUT2D eigenvalue weighted by Gasteiger charge is 2.55. The first-order valence-corrected chi connectivity index (χ1v) is 12.9. The van der Waals surface area contributed by atoms with Crippen molar-refractivity contribution in [2.45, 2.75) is 50.1 Å². The van der Waals surface area contributed by atoms with Gasteiger partial charge in [0.2, 0.25) is 0 Å². The van der Waals surface area contributed by atoms with Gasteiger partial charge in [-0.15, -0.1) is 0 Å². The van der Waals surface area contributed by atoms with Crippen LogP contribution in [0.4, 0.5) is 29.2 Å². The van der Waals surface area contributed by atoms with Crippen molar-refractivity contribution in [1.29, 1.82) is 0 Å². The number of carboxylic acid groups (broad SMARTS) is 1. The monoisotopic (exact) mass is 568 g/mol. The zero-order valence-electron chi connectivity index (χ0n) is 21.5. The smallest absolute Gasteiger partial charge is 0.416 e. The molecule has 41 heavy (non-hydrogen) atoms. The molecule has 1 amide bonds. The van der Waals surface area contributed by atoms with Crippen molar-refractivity contribution in [3.63, 3.8) is 0 Å². The maximum absolute atomic E-state index is 15.6. The number of carbonyl (C=O) groups is 2. The fourth-order valence-electron chi connectivity index (χ4n) is 6.18. The van der Waals surface area contributed by atoms with Crippen molar-refractivity contribution < 1.29 is 32.3 Å². The summed E-state index contributed by atoms with van der Waals surface area (Å²) >= 11 is 0. The molecule has 0 saturated heterocycles. The Bertz CT molecular complexity index is 1690. The van der Waals surface area contributed by atoms with E-state index in [-0.39, 0.29) is 28.5 Å². The van der Waals surface area contributed by atoms with E-state index in [1.807, 2.05) is 0 Å². The summed E-state index contributed by atoms with van der Waals surface area (Å²) in [5, 5.41) is 12.0. The Kier molecular flexibility index (Phi) is 6.01. The summed E-state index contributed by atoms with van der Waals surface area (Å²) in [5.74, 6) is -1.96. The summed E-state index contributed by atoms with van der Waals surface area (Å²) in [6.07, 6.45) is 2.93. The minimum absolute atomic E-state index is 0.0603. The van der Waals surface area contributed by atoms with Gasteiger partial charge in [0.15, 0.2) is 0 Å². The normalized spacial score (nSPS) is 22.1.